The highest BCUT2D eigenvalue weighted by Crippen LogP contribution is 2.41. The van der Waals surface area contributed by atoms with Crippen LogP contribution in [-0.2, 0) is 4.79 Å². The molecule has 25 heavy (non-hydrogen) atoms. The number of non-ortho nitro benzene ring substituents is 1. The fourth-order valence-corrected chi connectivity index (χ4v) is 2.46. The zero-order chi connectivity index (χ0) is 18.6. The maximum atomic E-state index is 11.0. The van der Waals surface area contributed by atoms with Crippen LogP contribution in [0.15, 0.2) is 42.5 Å². The number of hydrogen-bond donors (Lipinski definition) is 1. The first kappa shape index (κ1) is 18.0. The van der Waals surface area contributed by atoms with Crippen molar-refractivity contribution in [3.05, 3.63) is 58.2 Å². The van der Waals surface area contributed by atoms with Crippen LogP contribution in [0.2, 0.25) is 0 Å². The molecule has 2 aromatic carbocycles. The summed E-state index contributed by atoms with van der Waals surface area (Å²) in [6.45, 7) is 1.66. The Morgan fingerprint density at radius 2 is 1.92 bits per heavy atom. The Labute approximate surface area is 144 Å². The average molecular weight is 343 g/mol. The smallest absolute Gasteiger partial charge is 0.328 e. The molecule has 0 fully saturated rings. The number of nitro groups is 1. The van der Waals surface area contributed by atoms with E-state index in [9.17, 15) is 14.9 Å². The first-order valence-corrected chi connectivity index (χ1v) is 7.29. The molecule has 0 amide bonds. The van der Waals surface area contributed by atoms with E-state index in [0.717, 1.165) is 6.08 Å². The molecule has 130 valence electrons. The molecule has 0 atom stereocenters. The van der Waals surface area contributed by atoms with Gasteiger partial charge in [0.1, 0.15) is 0 Å². The lowest BCUT2D eigenvalue weighted by molar-refractivity contribution is -0.384. The molecule has 0 aliphatic carbocycles. The van der Waals surface area contributed by atoms with Gasteiger partial charge in [-0.05, 0) is 35.8 Å². The Bertz CT molecular complexity index is 857. The van der Waals surface area contributed by atoms with Crippen LogP contribution in [0.3, 0.4) is 0 Å². The molecule has 2 aromatic rings. The predicted molar refractivity (Wildman–Crippen MR) is 92.9 cm³/mol. The molecular formula is C18H17NO6. The topological polar surface area (TPSA) is 98.9 Å². The van der Waals surface area contributed by atoms with Gasteiger partial charge in [-0.25, -0.2) is 4.79 Å². The van der Waals surface area contributed by atoms with Gasteiger partial charge in [-0.15, -0.1) is 0 Å². The van der Waals surface area contributed by atoms with Gasteiger partial charge >= 0.3 is 5.97 Å². The number of nitro benzene ring substituents is 1. The zero-order valence-electron chi connectivity index (χ0n) is 14.0. The number of allylic oxidation sites excluding steroid dienone is 1. The number of carboxylic acid groups (broad SMARTS) is 1. The van der Waals surface area contributed by atoms with Gasteiger partial charge in [0.15, 0.2) is 11.5 Å². The van der Waals surface area contributed by atoms with Crippen LogP contribution < -0.4 is 9.47 Å². The third-order valence-corrected chi connectivity index (χ3v) is 3.64. The van der Waals surface area contributed by atoms with Gasteiger partial charge in [0.25, 0.3) is 5.69 Å². The Hall–Kier alpha value is -3.35. The Morgan fingerprint density at radius 3 is 2.48 bits per heavy atom. The van der Waals surface area contributed by atoms with Crippen LogP contribution in [0.4, 0.5) is 5.69 Å². The zero-order valence-corrected chi connectivity index (χ0v) is 14.0. The first-order chi connectivity index (χ1) is 11.9. The van der Waals surface area contributed by atoms with Crippen molar-refractivity contribution in [2.75, 3.05) is 14.2 Å². The summed E-state index contributed by atoms with van der Waals surface area (Å²) in [6, 6.07) is 9.49. The molecule has 7 heteroatoms. The molecule has 0 bridgehead atoms. The molecule has 0 saturated carbocycles. The molecule has 0 aromatic heterocycles. The van der Waals surface area contributed by atoms with Gasteiger partial charge in [-0.3, -0.25) is 10.1 Å². The average Bonchev–Trinajstić information content (AvgIpc) is 2.59. The molecule has 0 spiro atoms. The number of rotatable bonds is 6. The fraction of sp³-hybridized carbons (Fsp3) is 0.167. The maximum absolute atomic E-state index is 11.0. The quantitative estimate of drug-likeness (QED) is 0.487. The fourth-order valence-electron chi connectivity index (χ4n) is 2.46. The minimum atomic E-state index is -1.07. The van der Waals surface area contributed by atoms with Crippen LogP contribution in [0, 0.1) is 10.1 Å². The van der Waals surface area contributed by atoms with Crippen molar-refractivity contribution >= 4 is 17.2 Å². The van der Waals surface area contributed by atoms with Crippen molar-refractivity contribution in [3.63, 3.8) is 0 Å². The standard InChI is InChI=1S/C18H17NO6/c1-11(7-17(20)21)13-9-15(18(25-3)16(10-13)24-2)12-5-4-6-14(8-12)19(22)23/h4-10H,1-3H3,(H,20,21)/b11-7+. The van der Waals surface area contributed by atoms with Gasteiger partial charge in [0, 0.05) is 23.8 Å². The number of benzene rings is 2. The van der Waals surface area contributed by atoms with Crippen molar-refractivity contribution in [2.24, 2.45) is 0 Å². The molecule has 0 aliphatic rings. The lowest BCUT2D eigenvalue weighted by atomic mass is 9.97. The minimum Gasteiger partial charge on any atom is -0.493 e. The summed E-state index contributed by atoms with van der Waals surface area (Å²) >= 11 is 0. The highest BCUT2D eigenvalue weighted by molar-refractivity contribution is 5.91. The van der Waals surface area contributed by atoms with E-state index >= 15 is 0 Å². The molecule has 0 aliphatic heterocycles. The van der Waals surface area contributed by atoms with E-state index in [1.165, 1.54) is 26.4 Å². The van der Waals surface area contributed by atoms with E-state index in [4.69, 9.17) is 14.6 Å². The van der Waals surface area contributed by atoms with E-state index < -0.39 is 10.9 Å². The molecule has 0 heterocycles. The van der Waals surface area contributed by atoms with E-state index in [1.54, 1.807) is 31.2 Å². The molecule has 0 radical (unpaired) electrons. The van der Waals surface area contributed by atoms with Crippen molar-refractivity contribution < 1.29 is 24.3 Å². The predicted octanol–water partition coefficient (Wildman–Crippen LogP) is 3.77. The Morgan fingerprint density at radius 1 is 1.20 bits per heavy atom. The van der Waals surface area contributed by atoms with Crippen molar-refractivity contribution in [2.45, 2.75) is 6.92 Å². The van der Waals surface area contributed by atoms with E-state index in [-0.39, 0.29) is 5.69 Å². The summed E-state index contributed by atoms with van der Waals surface area (Å²) in [4.78, 5) is 21.5. The molecule has 2 rings (SSSR count). The number of aliphatic carboxylic acids is 1. The number of methoxy groups -OCH3 is 2. The summed E-state index contributed by atoms with van der Waals surface area (Å²) in [7, 11) is 2.94. The lowest BCUT2D eigenvalue weighted by Crippen LogP contribution is -1.97. The van der Waals surface area contributed by atoms with Gasteiger partial charge in [-0.2, -0.15) is 0 Å². The van der Waals surface area contributed by atoms with Gasteiger partial charge in [0.2, 0.25) is 0 Å². The second-order valence-electron chi connectivity index (χ2n) is 5.23. The molecule has 7 nitrogen and oxygen atoms in total. The Kier molecular flexibility index (Phi) is 5.38. The normalized spacial score (nSPS) is 11.1. The van der Waals surface area contributed by atoms with Crippen LogP contribution >= 0.6 is 0 Å². The molecular weight excluding hydrogens is 326 g/mol. The Balaban J connectivity index is 2.72. The SMILES string of the molecule is COc1cc(/C(C)=C/C(=O)O)cc(-c2cccc([N+](=O)[O-])c2)c1OC. The third kappa shape index (κ3) is 3.95. The number of hydrogen-bond acceptors (Lipinski definition) is 5. The van der Waals surface area contributed by atoms with Crippen LogP contribution in [0.5, 0.6) is 11.5 Å². The number of carboxylic acids is 1. The second kappa shape index (κ2) is 7.48. The monoisotopic (exact) mass is 343 g/mol. The third-order valence-electron chi connectivity index (χ3n) is 3.64. The number of nitrogens with zero attached hydrogens (tertiary/aromatic N) is 1. The van der Waals surface area contributed by atoms with E-state index in [1.807, 2.05) is 0 Å². The van der Waals surface area contributed by atoms with E-state index in [0.29, 0.717) is 33.8 Å². The summed E-state index contributed by atoms with van der Waals surface area (Å²) in [5.41, 5.74) is 2.21. The van der Waals surface area contributed by atoms with Crippen molar-refractivity contribution in [3.8, 4) is 22.6 Å². The summed E-state index contributed by atoms with van der Waals surface area (Å²) < 4.78 is 10.7. The van der Waals surface area contributed by atoms with Crippen LogP contribution in [-0.4, -0.2) is 30.2 Å². The summed E-state index contributed by atoms with van der Waals surface area (Å²) in [5, 5.41) is 20.0. The highest BCUT2D eigenvalue weighted by Gasteiger charge is 2.17. The van der Waals surface area contributed by atoms with Crippen LogP contribution in [0.1, 0.15) is 12.5 Å². The molecule has 0 unspecified atom stereocenters. The summed E-state index contributed by atoms with van der Waals surface area (Å²) in [5.74, 6) is -0.251. The van der Waals surface area contributed by atoms with Crippen molar-refractivity contribution in [1.82, 2.24) is 0 Å². The highest BCUT2D eigenvalue weighted by atomic mass is 16.6. The van der Waals surface area contributed by atoms with Gasteiger partial charge < -0.3 is 14.6 Å². The van der Waals surface area contributed by atoms with Crippen LogP contribution in [0.25, 0.3) is 16.7 Å². The van der Waals surface area contributed by atoms with Gasteiger partial charge in [-0.1, -0.05) is 12.1 Å². The lowest BCUT2D eigenvalue weighted by Gasteiger charge is -2.15. The number of carbonyl (C=O) groups is 1. The molecule has 0 saturated heterocycles. The number of ether oxygens (including phenoxy) is 2. The first-order valence-electron chi connectivity index (χ1n) is 7.29. The molecule has 1 N–H and O–H groups in total. The largest absolute Gasteiger partial charge is 0.493 e. The van der Waals surface area contributed by atoms with Gasteiger partial charge in [0.05, 0.1) is 19.1 Å². The van der Waals surface area contributed by atoms with E-state index in [2.05, 4.69) is 0 Å². The maximum Gasteiger partial charge on any atom is 0.328 e. The minimum absolute atomic E-state index is 0.0540. The van der Waals surface area contributed by atoms with Crippen molar-refractivity contribution in [1.29, 1.82) is 0 Å². The summed E-state index contributed by atoms with van der Waals surface area (Å²) in [6.07, 6.45) is 1.08. The second-order valence-corrected chi connectivity index (χ2v) is 5.23.